The predicted octanol–water partition coefficient (Wildman–Crippen LogP) is 3.75. The monoisotopic (exact) mass is 224 g/mol. The van der Waals surface area contributed by atoms with Gasteiger partial charge in [-0.3, -0.25) is 4.99 Å². The number of hydrogen-bond acceptors (Lipinski definition) is 1. The van der Waals surface area contributed by atoms with E-state index in [0.29, 0.717) is 5.92 Å². The van der Waals surface area contributed by atoms with E-state index in [1.54, 1.807) is 0 Å². The summed E-state index contributed by atoms with van der Waals surface area (Å²) in [5.41, 5.74) is 6.08. The predicted molar refractivity (Wildman–Crippen MR) is 71.7 cm³/mol. The first-order chi connectivity index (χ1) is 7.42. The third kappa shape index (κ3) is 4.54. The molecule has 0 radical (unpaired) electrons. The molecular formula is C14H28N2. The molecule has 2 N–H and O–H groups in total. The molecule has 1 aliphatic rings. The van der Waals surface area contributed by atoms with Gasteiger partial charge in [0.2, 0.25) is 0 Å². The summed E-state index contributed by atoms with van der Waals surface area (Å²) in [7, 11) is 0. The van der Waals surface area contributed by atoms with Crippen molar-refractivity contribution in [3.63, 3.8) is 0 Å². The smallest absolute Gasteiger partial charge is 0.0974 e. The van der Waals surface area contributed by atoms with E-state index in [2.05, 4.69) is 32.7 Å². The standard InChI is InChI=1S/C14H28N2/c1-5-6-11-7-9-12(10-8-11)13(15)16-14(2,3)4/h11-12H,5-10H2,1-4H3,(H2,15,16). The highest BCUT2D eigenvalue weighted by Gasteiger charge is 2.24. The van der Waals surface area contributed by atoms with E-state index < -0.39 is 0 Å². The van der Waals surface area contributed by atoms with Crippen molar-refractivity contribution in [2.45, 2.75) is 71.8 Å². The molecule has 0 saturated heterocycles. The molecule has 2 heteroatoms. The summed E-state index contributed by atoms with van der Waals surface area (Å²) in [5, 5.41) is 0. The second kappa shape index (κ2) is 5.70. The van der Waals surface area contributed by atoms with Crippen molar-refractivity contribution in [1.82, 2.24) is 0 Å². The lowest BCUT2D eigenvalue weighted by Crippen LogP contribution is -2.31. The summed E-state index contributed by atoms with van der Waals surface area (Å²) in [6, 6.07) is 0. The average Bonchev–Trinajstić information content (AvgIpc) is 2.16. The molecule has 1 fully saturated rings. The average molecular weight is 224 g/mol. The molecule has 16 heavy (non-hydrogen) atoms. The van der Waals surface area contributed by atoms with E-state index in [1.807, 2.05) is 0 Å². The summed E-state index contributed by atoms with van der Waals surface area (Å²) in [6.07, 6.45) is 7.90. The molecule has 1 rings (SSSR count). The van der Waals surface area contributed by atoms with Crippen LogP contribution in [0.4, 0.5) is 0 Å². The van der Waals surface area contributed by atoms with E-state index in [9.17, 15) is 0 Å². The molecule has 2 nitrogen and oxygen atoms in total. The fourth-order valence-corrected chi connectivity index (χ4v) is 2.63. The molecule has 0 amide bonds. The Morgan fingerprint density at radius 1 is 1.19 bits per heavy atom. The van der Waals surface area contributed by atoms with Crippen LogP contribution in [0, 0.1) is 11.8 Å². The first-order valence-electron chi connectivity index (χ1n) is 6.77. The highest BCUT2D eigenvalue weighted by atomic mass is 14.9. The SMILES string of the molecule is CCCC1CCC(C(N)=NC(C)(C)C)CC1. The van der Waals surface area contributed by atoms with Crippen LogP contribution in [-0.2, 0) is 0 Å². The highest BCUT2D eigenvalue weighted by molar-refractivity contribution is 5.83. The molecule has 94 valence electrons. The van der Waals surface area contributed by atoms with Crippen LogP contribution in [0.2, 0.25) is 0 Å². The Labute approximate surface area is 101 Å². The van der Waals surface area contributed by atoms with Gasteiger partial charge in [0.1, 0.15) is 0 Å². The number of nitrogens with zero attached hydrogens (tertiary/aromatic N) is 1. The molecular weight excluding hydrogens is 196 g/mol. The molecule has 0 heterocycles. The van der Waals surface area contributed by atoms with E-state index in [4.69, 9.17) is 5.73 Å². The second-order valence-electron chi connectivity index (χ2n) is 6.21. The number of nitrogens with two attached hydrogens (primary N) is 1. The van der Waals surface area contributed by atoms with Gasteiger partial charge >= 0.3 is 0 Å². The van der Waals surface area contributed by atoms with Crippen LogP contribution < -0.4 is 5.73 Å². The molecule has 1 saturated carbocycles. The summed E-state index contributed by atoms with van der Waals surface area (Å²) >= 11 is 0. The molecule has 0 atom stereocenters. The summed E-state index contributed by atoms with van der Waals surface area (Å²) in [6.45, 7) is 8.62. The van der Waals surface area contributed by atoms with Gasteiger partial charge in [-0.15, -0.1) is 0 Å². The van der Waals surface area contributed by atoms with Crippen molar-refractivity contribution in [1.29, 1.82) is 0 Å². The normalized spacial score (nSPS) is 28.1. The van der Waals surface area contributed by atoms with E-state index >= 15 is 0 Å². The Morgan fingerprint density at radius 3 is 2.19 bits per heavy atom. The zero-order valence-corrected chi connectivity index (χ0v) is 11.4. The van der Waals surface area contributed by atoms with Crippen molar-refractivity contribution in [3.05, 3.63) is 0 Å². The zero-order chi connectivity index (χ0) is 12.2. The molecule has 0 aliphatic heterocycles. The molecule has 0 spiro atoms. The lowest BCUT2D eigenvalue weighted by Gasteiger charge is -2.29. The first-order valence-corrected chi connectivity index (χ1v) is 6.77. The minimum absolute atomic E-state index is 0.0235. The maximum absolute atomic E-state index is 6.10. The van der Waals surface area contributed by atoms with Crippen LogP contribution >= 0.6 is 0 Å². The maximum atomic E-state index is 6.10. The summed E-state index contributed by atoms with van der Waals surface area (Å²) < 4.78 is 0. The topological polar surface area (TPSA) is 38.4 Å². The zero-order valence-electron chi connectivity index (χ0n) is 11.4. The molecule has 0 aromatic heterocycles. The van der Waals surface area contributed by atoms with E-state index in [1.165, 1.54) is 38.5 Å². The number of rotatable bonds is 3. The van der Waals surface area contributed by atoms with Gasteiger partial charge in [-0.2, -0.15) is 0 Å². The van der Waals surface area contributed by atoms with Crippen molar-refractivity contribution < 1.29 is 0 Å². The van der Waals surface area contributed by atoms with Crippen LogP contribution in [0.25, 0.3) is 0 Å². The van der Waals surface area contributed by atoms with E-state index in [-0.39, 0.29) is 5.54 Å². The largest absolute Gasteiger partial charge is 0.387 e. The van der Waals surface area contributed by atoms with Crippen LogP contribution in [0.5, 0.6) is 0 Å². The third-order valence-electron chi connectivity index (χ3n) is 3.43. The lowest BCUT2D eigenvalue weighted by molar-refractivity contribution is 0.302. The van der Waals surface area contributed by atoms with Gasteiger partial charge in [0.25, 0.3) is 0 Å². The highest BCUT2D eigenvalue weighted by Crippen LogP contribution is 2.31. The Bertz CT molecular complexity index is 230. The maximum Gasteiger partial charge on any atom is 0.0974 e. The lowest BCUT2D eigenvalue weighted by atomic mass is 9.79. The van der Waals surface area contributed by atoms with Gasteiger partial charge < -0.3 is 5.73 Å². The Kier molecular flexibility index (Phi) is 4.82. The third-order valence-corrected chi connectivity index (χ3v) is 3.43. The number of aliphatic imine (C=N–C) groups is 1. The van der Waals surface area contributed by atoms with Gasteiger partial charge in [-0.05, 0) is 52.4 Å². The van der Waals surface area contributed by atoms with Gasteiger partial charge in [0.15, 0.2) is 0 Å². The Hall–Kier alpha value is -0.530. The fraction of sp³-hybridized carbons (Fsp3) is 0.929. The fourth-order valence-electron chi connectivity index (χ4n) is 2.63. The van der Waals surface area contributed by atoms with Gasteiger partial charge in [-0.25, -0.2) is 0 Å². The van der Waals surface area contributed by atoms with Crippen LogP contribution in [0.1, 0.15) is 66.2 Å². The minimum Gasteiger partial charge on any atom is -0.387 e. The minimum atomic E-state index is -0.0235. The number of hydrogen-bond donors (Lipinski definition) is 1. The van der Waals surface area contributed by atoms with Gasteiger partial charge in [-0.1, -0.05) is 19.8 Å². The van der Waals surface area contributed by atoms with Gasteiger partial charge in [0.05, 0.1) is 11.4 Å². The summed E-state index contributed by atoms with van der Waals surface area (Å²) in [4.78, 5) is 4.60. The van der Waals surface area contributed by atoms with Crippen molar-refractivity contribution >= 4 is 5.84 Å². The number of amidine groups is 1. The molecule has 1 aliphatic carbocycles. The summed E-state index contributed by atoms with van der Waals surface area (Å²) in [5.74, 6) is 2.39. The Balaban J connectivity index is 2.44. The van der Waals surface area contributed by atoms with Crippen molar-refractivity contribution in [2.24, 2.45) is 22.6 Å². The van der Waals surface area contributed by atoms with Crippen LogP contribution in [0.15, 0.2) is 4.99 Å². The van der Waals surface area contributed by atoms with Crippen LogP contribution in [-0.4, -0.2) is 11.4 Å². The van der Waals surface area contributed by atoms with Crippen molar-refractivity contribution in [3.8, 4) is 0 Å². The molecule has 0 unspecified atom stereocenters. The molecule has 0 aromatic rings. The van der Waals surface area contributed by atoms with Crippen molar-refractivity contribution in [2.75, 3.05) is 0 Å². The first kappa shape index (κ1) is 13.5. The molecule has 0 aromatic carbocycles. The Morgan fingerprint density at radius 2 is 1.75 bits per heavy atom. The van der Waals surface area contributed by atoms with E-state index in [0.717, 1.165) is 11.8 Å². The second-order valence-corrected chi connectivity index (χ2v) is 6.21. The molecule has 0 bridgehead atoms. The van der Waals surface area contributed by atoms with Crippen LogP contribution in [0.3, 0.4) is 0 Å². The van der Waals surface area contributed by atoms with Gasteiger partial charge in [0, 0.05) is 5.92 Å². The quantitative estimate of drug-likeness (QED) is 0.575.